The molecule has 0 radical (unpaired) electrons. The van der Waals surface area contributed by atoms with Crippen LogP contribution < -0.4 is 15.4 Å². The molecule has 0 aliphatic carbocycles. The third kappa shape index (κ3) is 8.73. The Morgan fingerprint density at radius 2 is 1.85 bits per heavy atom. The summed E-state index contributed by atoms with van der Waals surface area (Å²) in [5.41, 5.74) is 2.08. The van der Waals surface area contributed by atoms with E-state index >= 15 is 0 Å². The Balaban J connectivity index is 0.00000385. The van der Waals surface area contributed by atoms with Crippen LogP contribution in [0.3, 0.4) is 0 Å². The molecule has 33 heavy (non-hydrogen) atoms. The fraction of sp³-hybridized carbons (Fsp3) is 0.458. The molecular weight excluding hydrogens is 538 g/mol. The van der Waals surface area contributed by atoms with E-state index in [1.165, 1.54) is 12.1 Å². The van der Waals surface area contributed by atoms with Gasteiger partial charge in [0.1, 0.15) is 11.6 Å². The van der Waals surface area contributed by atoms with Gasteiger partial charge in [0.15, 0.2) is 5.96 Å². The third-order valence-electron chi connectivity index (χ3n) is 5.42. The Hall–Kier alpha value is -1.95. The Bertz CT molecular complexity index is 848. The molecule has 0 amide bonds. The molecule has 182 valence electrons. The highest BCUT2D eigenvalue weighted by Crippen LogP contribution is 2.22. The van der Waals surface area contributed by atoms with Crippen molar-refractivity contribution in [1.82, 2.24) is 15.5 Å². The molecule has 2 aromatic rings. The number of hydrogen-bond donors (Lipinski definition) is 2. The zero-order valence-corrected chi connectivity index (χ0v) is 21.6. The number of para-hydroxylation sites is 1. The first-order valence-electron chi connectivity index (χ1n) is 10.9. The highest BCUT2D eigenvalue weighted by atomic mass is 127. The van der Waals surface area contributed by atoms with Crippen molar-refractivity contribution >= 4 is 29.9 Å². The van der Waals surface area contributed by atoms with E-state index in [4.69, 9.17) is 14.2 Å². The molecule has 1 fully saturated rings. The molecule has 0 spiro atoms. The highest BCUT2D eigenvalue weighted by molar-refractivity contribution is 14.0. The summed E-state index contributed by atoms with van der Waals surface area (Å²) in [6.07, 6.45) is 0. The maximum absolute atomic E-state index is 13.4. The fourth-order valence-electron chi connectivity index (χ4n) is 3.69. The lowest BCUT2D eigenvalue weighted by Crippen LogP contribution is -2.46. The molecule has 1 unspecified atom stereocenters. The smallest absolute Gasteiger partial charge is 0.191 e. The van der Waals surface area contributed by atoms with Crippen LogP contribution in [0, 0.1) is 5.82 Å². The molecule has 2 aromatic carbocycles. The summed E-state index contributed by atoms with van der Waals surface area (Å²) in [4.78, 5) is 6.67. The summed E-state index contributed by atoms with van der Waals surface area (Å²) in [7, 11) is 3.40. The van der Waals surface area contributed by atoms with Crippen molar-refractivity contribution in [3.05, 3.63) is 65.5 Å². The normalized spacial score (nSPS) is 15.4. The Morgan fingerprint density at radius 3 is 2.55 bits per heavy atom. The van der Waals surface area contributed by atoms with Crippen molar-refractivity contribution in [2.24, 2.45) is 4.99 Å². The number of hydrogen-bond acceptors (Lipinski definition) is 5. The molecule has 0 bridgehead atoms. The molecule has 7 nitrogen and oxygen atoms in total. The predicted octanol–water partition coefficient (Wildman–Crippen LogP) is 3.21. The van der Waals surface area contributed by atoms with Crippen LogP contribution in [-0.4, -0.2) is 71.0 Å². The molecule has 3 rings (SSSR count). The summed E-state index contributed by atoms with van der Waals surface area (Å²) < 4.78 is 30.0. The molecule has 0 aromatic heterocycles. The number of morpholine rings is 1. The van der Waals surface area contributed by atoms with E-state index in [0.29, 0.717) is 45.5 Å². The van der Waals surface area contributed by atoms with Crippen molar-refractivity contribution in [3.63, 3.8) is 0 Å². The first kappa shape index (κ1) is 27.3. The van der Waals surface area contributed by atoms with Gasteiger partial charge in [0.25, 0.3) is 0 Å². The molecular formula is C24H34FIN4O3. The Kier molecular flexibility index (Phi) is 12.4. The van der Waals surface area contributed by atoms with Crippen LogP contribution in [0.1, 0.15) is 17.2 Å². The van der Waals surface area contributed by atoms with Crippen LogP contribution in [-0.2, 0) is 16.1 Å². The van der Waals surface area contributed by atoms with Crippen molar-refractivity contribution in [2.45, 2.75) is 12.6 Å². The minimum Gasteiger partial charge on any atom is -0.496 e. The highest BCUT2D eigenvalue weighted by Gasteiger charge is 2.23. The molecule has 0 saturated carbocycles. The van der Waals surface area contributed by atoms with Gasteiger partial charge < -0.3 is 24.8 Å². The fourth-order valence-corrected chi connectivity index (χ4v) is 3.69. The number of rotatable bonds is 10. The number of nitrogens with one attached hydrogen (secondary N) is 2. The number of ether oxygens (including phenoxy) is 3. The average molecular weight is 572 g/mol. The first-order chi connectivity index (χ1) is 15.7. The summed E-state index contributed by atoms with van der Waals surface area (Å²) in [6.45, 7) is 5.37. The van der Waals surface area contributed by atoms with E-state index < -0.39 is 0 Å². The maximum Gasteiger partial charge on any atom is 0.191 e. The van der Waals surface area contributed by atoms with E-state index in [1.807, 2.05) is 36.4 Å². The molecule has 1 aliphatic heterocycles. The van der Waals surface area contributed by atoms with Crippen LogP contribution in [0.5, 0.6) is 5.75 Å². The summed E-state index contributed by atoms with van der Waals surface area (Å²) >= 11 is 0. The summed E-state index contributed by atoms with van der Waals surface area (Å²) in [5, 5.41) is 6.68. The van der Waals surface area contributed by atoms with Crippen LogP contribution in [0.15, 0.2) is 53.5 Å². The third-order valence-corrected chi connectivity index (χ3v) is 5.42. The van der Waals surface area contributed by atoms with Crippen molar-refractivity contribution in [2.75, 3.05) is 60.2 Å². The van der Waals surface area contributed by atoms with Crippen LogP contribution in [0.2, 0.25) is 0 Å². The van der Waals surface area contributed by atoms with Gasteiger partial charge in [-0.25, -0.2) is 4.39 Å². The second kappa shape index (κ2) is 15.0. The molecule has 2 N–H and O–H groups in total. The SMILES string of the molecule is CN=C(NCCOCc1ccccc1OC)NCC(c1ccc(F)cc1)N1CCOCC1.I. The predicted molar refractivity (Wildman–Crippen MR) is 139 cm³/mol. The Morgan fingerprint density at radius 1 is 1.12 bits per heavy atom. The summed E-state index contributed by atoms with van der Waals surface area (Å²) in [6, 6.07) is 14.6. The van der Waals surface area contributed by atoms with Gasteiger partial charge in [0, 0.05) is 38.8 Å². The molecule has 1 saturated heterocycles. The average Bonchev–Trinajstić information content (AvgIpc) is 2.84. The van der Waals surface area contributed by atoms with Crippen molar-refractivity contribution in [1.29, 1.82) is 0 Å². The van der Waals surface area contributed by atoms with Crippen molar-refractivity contribution in [3.8, 4) is 5.75 Å². The standard InChI is InChI=1S/C24H33FN4O3.HI/c1-26-24(27-11-14-32-18-20-5-3-4-6-23(20)30-2)28-17-22(29-12-15-31-16-13-29)19-7-9-21(25)10-8-19;/h3-10,22H,11-18H2,1-2H3,(H2,26,27,28);1H. The molecule has 1 heterocycles. The lowest BCUT2D eigenvalue weighted by molar-refractivity contribution is 0.0169. The van der Waals surface area contributed by atoms with E-state index in [0.717, 1.165) is 30.0 Å². The number of aliphatic imine (C=N–C) groups is 1. The monoisotopic (exact) mass is 572 g/mol. The second-order valence-corrected chi connectivity index (χ2v) is 7.46. The largest absolute Gasteiger partial charge is 0.496 e. The van der Waals surface area contributed by atoms with Gasteiger partial charge in [0.2, 0.25) is 0 Å². The van der Waals surface area contributed by atoms with E-state index in [9.17, 15) is 4.39 Å². The first-order valence-corrected chi connectivity index (χ1v) is 10.9. The number of methoxy groups -OCH3 is 1. The number of nitrogens with zero attached hydrogens (tertiary/aromatic N) is 2. The minimum absolute atomic E-state index is 0. The lowest BCUT2D eigenvalue weighted by atomic mass is 10.0. The number of halogens is 2. The zero-order chi connectivity index (χ0) is 22.6. The molecule has 1 atom stereocenters. The topological polar surface area (TPSA) is 67.4 Å². The number of guanidine groups is 1. The van der Waals surface area contributed by atoms with Gasteiger partial charge in [-0.1, -0.05) is 30.3 Å². The Labute approximate surface area is 212 Å². The van der Waals surface area contributed by atoms with Gasteiger partial charge in [-0.2, -0.15) is 0 Å². The maximum atomic E-state index is 13.4. The molecule has 1 aliphatic rings. The quantitative estimate of drug-likeness (QED) is 0.197. The van der Waals surface area contributed by atoms with Gasteiger partial charge in [-0.3, -0.25) is 9.89 Å². The van der Waals surface area contributed by atoms with E-state index in [-0.39, 0.29) is 35.8 Å². The second-order valence-electron chi connectivity index (χ2n) is 7.46. The van der Waals surface area contributed by atoms with E-state index in [2.05, 4.69) is 20.5 Å². The van der Waals surface area contributed by atoms with Crippen molar-refractivity contribution < 1.29 is 18.6 Å². The van der Waals surface area contributed by atoms with Crippen LogP contribution >= 0.6 is 24.0 Å². The molecule has 9 heteroatoms. The van der Waals surface area contributed by atoms with Gasteiger partial charge in [0.05, 0.1) is 39.6 Å². The van der Waals surface area contributed by atoms with Gasteiger partial charge in [-0.05, 0) is 23.8 Å². The van der Waals surface area contributed by atoms with E-state index in [1.54, 1.807) is 14.2 Å². The van der Waals surface area contributed by atoms with Gasteiger partial charge in [-0.15, -0.1) is 24.0 Å². The number of benzene rings is 2. The zero-order valence-electron chi connectivity index (χ0n) is 19.3. The summed E-state index contributed by atoms with van der Waals surface area (Å²) in [5.74, 6) is 1.30. The van der Waals surface area contributed by atoms with Crippen LogP contribution in [0.4, 0.5) is 4.39 Å². The minimum atomic E-state index is -0.229. The lowest BCUT2D eigenvalue weighted by Gasteiger charge is -2.35. The van der Waals surface area contributed by atoms with Crippen LogP contribution in [0.25, 0.3) is 0 Å². The van der Waals surface area contributed by atoms with Gasteiger partial charge >= 0.3 is 0 Å².